The van der Waals surface area contributed by atoms with Crippen LogP contribution in [0.2, 0.25) is 0 Å². The quantitative estimate of drug-likeness (QED) is 0.788. The summed E-state index contributed by atoms with van der Waals surface area (Å²) in [7, 11) is 0. The summed E-state index contributed by atoms with van der Waals surface area (Å²) in [5, 5.41) is 0. The van der Waals surface area contributed by atoms with Gasteiger partial charge in [0.15, 0.2) is 0 Å². The predicted molar refractivity (Wildman–Crippen MR) is 68.8 cm³/mol. The van der Waals surface area contributed by atoms with Gasteiger partial charge < -0.3 is 10.5 Å². The normalized spacial score (nSPS) is 24.8. The molecule has 1 unspecified atom stereocenters. The smallest absolute Gasteiger partial charge is 0.0507 e. The molecule has 0 aliphatic carbocycles. The van der Waals surface area contributed by atoms with E-state index in [0.29, 0.717) is 0 Å². The van der Waals surface area contributed by atoms with Crippen molar-refractivity contribution in [3.8, 4) is 0 Å². The van der Waals surface area contributed by atoms with Gasteiger partial charge in [-0.25, -0.2) is 0 Å². The van der Waals surface area contributed by atoms with Crippen LogP contribution in [0.15, 0.2) is 18.2 Å². The molecule has 1 saturated heterocycles. The Kier molecular flexibility index (Phi) is 3.04. The molecule has 3 nitrogen and oxygen atoms in total. The maximum absolute atomic E-state index is 6.06. The lowest BCUT2D eigenvalue weighted by atomic mass is 9.97. The third kappa shape index (κ3) is 2.31. The van der Waals surface area contributed by atoms with Gasteiger partial charge in [0.25, 0.3) is 0 Å². The minimum absolute atomic E-state index is 0.724. The van der Waals surface area contributed by atoms with Gasteiger partial charge >= 0.3 is 0 Å². The predicted octanol–water partition coefficient (Wildman–Crippen LogP) is 1.66. The van der Waals surface area contributed by atoms with Gasteiger partial charge in [-0.05, 0) is 36.0 Å². The fourth-order valence-corrected chi connectivity index (χ4v) is 2.91. The van der Waals surface area contributed by atoms with Crippen molar-refractivity contribution in [3.05, 3.63) is 29.3 Å². The van der Waals surface area contributed by atoms with E-state index in [9.17, 15) is 0 Å². The van der Waals surface area contributed by atoms with E-state index in [4.69, 9.17) is 10.5 Å². The molecule has 1 atom stereocenters. The van der Waals surface area contributed by atoms with E-state index in [1.165, 1.54) is 17.5 Å². The topological polar surface area (TPSA) is 38.5 Å². The summed E-state index contributed by atoms with van der Waals surface area (Å²) in [4.78, 5) is 2.53. The molecule has 17 heavy (non-hydrogen) atoms. The number of fused-ring (bicyclic) bond motifs is 1. The molecule has 0 spiro atoms. The number of hydrogen-bond acceptors (Lipinski definition) is 3. The van der Waals surface area contributed by atoms with Crippen LogP contribution in [-0.4, -0.2) is 31.2 Å². The maximum Gasteiger partial charge on any atom is 0.0507 e. The Balaban J connectivity index is 1.69. The summed E-state index contributed by atoms with van der Waals surface area (Å²) in [5.41, 5.74) is 9.79. The number of ether oxygens (including phenoxy) is 1. The SMILES string of the molecule is Nc1cccc2c1CN(CC1CCOC1)CC2. The average molecular weight is 232 g/mol. The molecule has 3 heteroatoms. The first-order valence-corrected chi connectivity index (χ1v) is 6.49. The molecule has 0 bridgehead atoms. The average Bonchev–Trinajstić information content (AvgIpc) is 2.83. The number of nitrogens with zero attached hydrogens (tertiary/aromatic N) is 1. The van der Waals surface area contributed by atoms with Crippen LogP contribution in [0.1, 0.15) is 17.5 Å². The van der Waals surface area contributed by atoms with E-state index in [0.717, 1.165) is 50.9 Å². The van der Waals surface area contributed by atoms with Gasteiger partial charge in [-0.3, -0.25) is 4.90 Å². The van der Waals surface area contributed by atoms with Crippen molar-refractivity contribution >= 4 is 5.69 Å². The summed E-state index contributed by atoms with van der Waals surface area (Å²) in [5.74, 6) is 0.724. The van der Waals surface area contributed by atoms with Crippen molar-refractivity contribution in [2.75, 3.05) is 32.0 Å². The molecule has 92 valence electrons. The van der Waals surface area contributed by atoms with Gasteiger partial charge in [0.1, 0.15) is 0 Å². The molecule has 2 N–H and O–H groups in total. The van der Waals surface area contributed by atoms with Crippen LogP contribution in [0.4, 0.5) is 5.69 Å². The van der Waals surface area contributed by atoms with Crippen molar-refractivity contribution < 1.29 is 4.74 Å². The Morgan fingerprint density at radius 2 is 2.35 bits per heavy atom. The van der Waals surface area contributed by atoms with Gasteiger partial charge in [0, 0.05) is 31.9 Å². The third-order valence-electron chi connectivity index (χ3n) is 3.93. The Labute approximate surface area is 103 Å². The molecule has 3 rings (SSSR count). The van der Waals surface area contributed by atoms with Crippen LogP contribution in [0.25, 0.3) is 0 Å². The van der Waals surface area contributed by atoms with Crippen LogP contribution in [0.3, 0.4) is 0 Å². The van der Waals surface area contributed by atoms with E-state index >= 15 is 0 Å². The van der Waals surface area contributed by atoms with Gasteiger partial charge in [-0.2, -0.15) is 0 Å². The highest BCUT2D eigenvalue weighted by Gasteiger charge is 2.23. The molecule has 2 heterocycles. The fraction of sp³-hybridized carbons (Fsp3) is 0.571. The second-order valence-electron chi connectivity index (χ2n) is 5.20. The molecule has 0 saturated carbocycles. The summed E-state index contributed by atoms with van der Waals surface area (Å²) in [6, 6.07) is 6.29. The zero-order chi connectivity index (χ0) is 11.7. The highest BCUT2D eigenvalue weighted by Crippen LogP contribution is 2.25. The van der Waals surface area contributed by atoms with Crippen LogP contribution >= 0.6 is 0 Å². The van der Waals surface area contributed by atoms with Crippen LogP contribution in [0.5, 0.6) is 0 Å². The van der Waals surface area contributed by atoms with E-state index in [2.05, 4.69) is 17.0 Å². The van der Waals surface area contributed by atoms with Crippen LogP contribution in [0, 0.1) is 5.92 Å². The Morgan fingerprint density at radius 1 is 1.41 bits per heavy atom. The first kappa shape index (κ1) is 11.1. The standard InChI is InChI=1S/C14H20N2O/c15-14-3-1-2-12-4-6-16(9-13(12)14)8-11-5-7-17-10-11/h1-3,11H,4-10,15H2. The van der Waals surface area contributed by atoms with Crippen molar-refractivity contribution in [1.82, 2.24) is 4.90 Å². The summed E-state index contributed by atoms with van der Waals surface area (Å²) in [6.07, 6.45) is 2.35. The number of anilines is 1. The molecular weight excluding hydrogens is 212 g/mol. The molecule has 0 radical (unpaired) electrons. The zero-order valence-electron chi connectivity index (χ0n) is 10.2. The highest BCUT2D eigenvalue weighted by atomic mass is 16.5. The van der Waals surface area contributed by atoms with Gasteiger partial charge in [-0.15, -0.1) is 0 Å². The second-order valence-corrected chi connectivity index (χ2v) is 5.20. The second kappa shape index (κ2) is 4.67. The number of benzene rings is 1. The highest BCUT2D eigenvalue weighted by molar-refractivity contribution is 5.51. The maximum atomic E-state index is 6.06. The Hall–Kier alpha value is -1.06. The fourth-order valence-electron chi connectivity index (χ4n) is 2.91. The van der Waals surface area contributed by atoms with Crippen molar-refractivity contribution in [1.29, 1.82) is 0 Å². The number of hydrogen-bond donors (Lipinski definition) is 1. The number of nitrogens with two attached hydrogens (primary N) is 1. The molecule has 0 aromatic heterocycles. The van der Waals surface area contributed by atoms with Crippen LogP contribution < -0.4 is 5.73 Å². The molecule has 0 amide bonds. The van der Waals surface area contributed by atoms with Gasteiger partial charge in [0.05, 0.1) is 6.61 Å². The van der Waals surface area contributed by atoms with Gasteiger partial charge in [0.2, 0.25) is 0 Å². The number of rotatable bonds is 2. The van der Waals surface area contributed by atoms with E-state index in [1.807, 2.05) is 6.07 Å². The lowest BCUT2D eigenvalue weighted by Gasteiger charge is -2.31. The molecular formula is C14H20N2O. The van der Waals surface area contributed by atoms with E-state index in [-0.39, 0.29) is 0 Å². The first-order chi connectivity index (χ1) is 8.33. The summed E-state index contributed by atoms with van der Waals surface area (Å²) in [6.45, 7) is 5.21. The molecule has 1 aromatic rings. The Bertz CT molecular complexity index is 399. The summed E-state index contributed by atoms with van der Waals surface area (Å²) < 4.78 is 5.44. The molecule has 1 aromatic carbocycles. The van der Waals surface area contributed by atoms with Crippen molar-refractivity contribution in [2.24, 2.45) is 5.92 Å². The number of nitrogen functional groups attached to an aromatic ring is 1. The molecule has 2 aliphatic heterocycles. The van der Waals surface area contributed by atoms with Gasteiger partial charge in [-0.1, -0.05) is 12.1 Å². The molecule has 2 aliphatic rings. The largest absolute Gasteiger partial charge is 0.398 e. The van der Waals surface area contributed by atoms with Crippen molar-refractivity contribution in [2.45, 2.75) is 19.4 Å². The van der Waals surface area contributed by atoms with Crippen LogP contribution in [-0.2, 0) is 17.7 Å². The third-order valence-corrected chi connectivity index (χ3v) is 3.93. The molecule has 1 fully saturated rings. The zero-order valence-corrected chi connectivity index (χ0v) is 10.2. The lowest BCUT2D eigenvalue weighted by Crippen LogP contribution is -2.35. The minimum Gasteiger partial charge on any atom is -0.398 e. The minimum atomic E-state index is 0.724. The summed E-state index contributed by atoms with van der Waals surface area (Å²) >= 11 is 0. The van der Waals surface area contributed by atoms with Crippen molar-refractivity contribution in [3.63, 3.8) is 0 Å². The van der Waals surface area contributed by atoms with E-state index < -0.39 is 0 Å². The lowest BCUT2D eigenvalue weighted by molar-refractivity contribution is 0.162. The van der Waals surface area contributed by atoms with E-state index in [1.54, 1.807) is 0 Å². The first-order valence-electron chi connectivity index (χ1n) is 6.49. The monoisotopic (exact) mass is 232 g/mol. The Morgan fingerprint density at radius 3 is 3.18 bits per heavy atom.